The van der Waals surface area contributed by atoms with Crippen molar-refractivity contribution >= 4 is 23.4 Å². The van der Waals surface area contributed by atoms with E-state index < -0.39 is 11.8 Å². The molecule has 0 unspecified atom stereocenters. The highest BCUT2D eigenvalue weighted by Gasteiger charge is 2.24. The molecule has 0 aliphatic heterocycles. The van der Waals surface area contributed by atoms with Gasteiger partial charge in [-0.3, -0.25) is 4.79 Å². The Labute approximate surface area is 141 Å². The van der Waals surface area contributed by atoms with Crippen LogP contribution in [0, 0.1) is 0 Å². The topological polar surface area (TPSA) is 68.3 Å². The first-order valence-electron chi connectivity index (χ1n) is 7.92. The predicted octanol–water partition coefficient (Wildman–Crippen LogP) is 3.29. The molecule has 5 nitrogen and oxygen atoms in total. The van der Waals surface area contributed by atoms with Gasteiger partial charge in [0, 0.05) is 18.4 Å². The van der Waals surface area contributed by atoms with Gasteiger partial charge < -0.3 is 10.1 Å². The Morgan fingerprint density at radius 1 is 1.39 bits per heavy atom. The van der Waals surface area contributed by atoms with Crippen molar-refractivity contribution in [3.8, 4) is 0 Å². The molecule has 0 aromatic carbocycles. The second kappa shape index (κ2) is 8.67. The van der Waals surface area contributed by atoms with E-state index in [4.69, 9.17) is 16.3 Å². The fraction of sp³-hybridized carbons (Fsp3) is 0.471. The molecule has 23 heavy (non-hydrogen) atoms. The van der Waals surface area contributed by atoms with Gasteiger partial charge in [-0.25, -0.2) is 9.78 Å². The van der Waals surface area contributed by atoms with Gasteiger partial charge in [-0.1, -0.05) is 30.9 Å². The summed E-state index contributed by atoms with van der Waals surface area (Å²) in [6, 6.07) is 3.44. The van der Waals surface area contributed by atoms with Crippen molar-refractivity contribution in [1.29, 1.82) is 0 Å². The van der Waals surface area contributed by atoms with Crippen LogP contribution in [0.4, 0.5) is 0 Å². The molecule has 1 saturated carbocycles. The molecule has 0 amide bonds. The van der Waals surface area contributed by atoms with Crippen LogP contribution in [0.3, 0.4) is 0 Å². The Hall–Kier alpha value is -1.88. The highest BCUT2D eigenvalue weighted by Crippen LogP contribution is 2.19. The number of pyridine rings is 1. The molecule has 0 atom stereocenters. The summed E-state index contributed by atoms with van der Waals surface area (Å²) in [5, 5.41) is 3.26. The second-order valence-electron chi connectivity index (χ2n) is 5.45. The standard InChI is InChI=1S/C17H21ClN2O3/c1-2-23-17(22)14(11-20-12-7-4-3-5-8-12)15(21)13-9-6-10-19-16(13)18/h6,9-12,20H,2-5,7-8H2,1H3. The molecular formula is C17H21ClN2O3. The monoisotopic (exact) mass is 336 g/mol. The van der Waals surface area contributed by atoms with Gasteiger partial charge in [0.05, 0.1) is 12.2 Å². The number of Topliss-reactive ketones (excluding diaryl/α,β-unsaturated/α-hetero) is 1. The molecule has 0 saturated heterocycles. The smallest absolute Gasteiger partial charge is 0.343 e. The van der Waals surface area contributed by atoms with E-state index in [0.717, 1.165) is 25.7 Å². The van der Waals surface area contributed by atoms with E-state index in [9.17, 15) is 9.59 Å². The summed E-state index contributed by atoms with van der Waals surface area (Å²) in [5.41, 5.74) is 0.145. The normalized spacial score (nSPS) is 16.0. The fourth-order valence-electron chi connectivity index (χ4n) is 2.60. The maximum Gasteiger partial charge on any atom is 0.343 e. The molecule has 0 spiro atoms. The Morgan fingerprint density at radius 3 is 2.78 bits per heavy atom. The quantitative estimate of drug-likeness (QED) is 0.215. The first kappa shape index (κ1) is 17.5. The number of hydrogen-bond donors (Lipinski definition) is 1. The largest absolute Gasteiger partial charge is 0.462 e. The van der Waals surface area contributed by atoms with Gasteiger partial charge in [0.2, 0.25) is 5.78 Å². The molecule has 2 rings (SSSR count). The second-order valence-corrected chi connectivity index (χ2v) is 5.81. The van der Waals surface area contributed by atoms with Gasteiger partial charge >= 0.3 is 5.97 Å². The molecular weight excluding hydrogens is 316 g/mol. The van der Waals surface area contributed by atoms with Gasteiger partial charge in [0.15, 0.2) is 0 Å². The highest BCUT2D eigenvalue weighted by molar-refractivity contribution is 6.35. The van der Waals surface area contributed by atoms with E-state index in [0.29, 0.717) is 0 Å². The number of ether oxygens (including phenoxy) is 1. The van der Waals surface area contributed by atoms with Crippen LogP contribution in [0.5, 0.6) is 0 Å². The number of nitrogens with zero attached hydrogens (tertiary/aromatic N) is 1. The number of hydrogen-bond acceptors (Lipinski definition) is 5. The lowest BCUT2D eigenvalue weighted by molar-refractivity contribution is -0.138. The Balaban J connectivity index is 2.21. The number of aromatic nitrogens is 1. The molecule has 1 aliphatic carbocycles. The third-order valence-corrected chi connectivity index (χ3v) is 4.11. The zero-order valence-electron chi connectivity index (χ0n) is 13.2. The van der Waals surface area contributed by atoms with Crippen molar-refractivity contribution in [2.24, 2.45) is 0 Å². The Bertz CT molecular complexity index is 595. The molecule has 0 radical (unpaired) electrons. The molecule has 124 valence electrons. The first-order chi connectivity index (χ1) is 11.1. The first-order valence-corrected chi connectivity index (χ1v) is 8.29. The lowest BCUT2D eigenvalue weighted by Gasteiger charge is -2.22. The summed E-state index contributed by atoms with van der Waals surface area (Å²) in [4.78, 5) is 28.6. The van der Waals surface area contributed by atoms with E-state index in [2.05, 4.69) is 10.3 Å². The van der Waals surface area contributed by atoms with Crippen molar-refractivity contribution in [3.05, 3.63) is 40.8 Å². The third kappa shape index (κ3) is 4.79. The van der Waals surface area contributed by atoms with Gasteiger partial charge in [0.1, 0.15) is 10.7 Å². The summed E-state index contributed by atoms with van der Waals surface area (Å²) in [5.74, 6) is -1.13. The van der Waals surface area contributed by atoms with Crippen LogP contribution in [-0.4, -0.2) is 29.4 Å². The maximum atomic E-state index is 12.6. The lowest BCUT2D eigenvalue weighted by Crippen LogP contribution is -2.29. The molecule has 6 heteroatoms. The number of carbonyl (C=O) groups is 2. The van der Waals surface area contributed by atoms with Crippen LogP contribution in [0.25, 0.3) is 0 Å². The fourth-order valence-corrected chi connectivity index (χ4v) is 2.80. The van der Waals surface area contributed by atoms with Gasteiger partial charge in [0.25, 0.3) is 0 Å². The van der Waals surface area contributed by atoms with Crippen LogP contribution in [0.15, 0.2) is 30.1 Å². The molecule has 1 aromatic heterocycles. The maximum absolute atomic E-state index is 12.6. The Morgan fingerprint density at radius 2 is 2.13 bits per heavy atom. The molecule has 1 aliphatic rings. The average Bonchev–Trinajstić information content (AvgIpc) is 2.56. The van der Waals surface area contributed by atoms with Gasteiger partial charge in [-0.05, 0) is 31.9 Å². The number of halogens is 1. The molecule has 1 heterocycles. The van der Waals surface area contributed by atoms with Crippen molar-refractivity contribution in [2.45, 2.75) is 45.1 Å². The highest BCUT2D eigenvalue weighted by atomic mass is 35.5. The van der Waals surface area contributed by atoms with Crippen LogP contribution in [0.2, 0.25) is 5.15 Å². The van der Waals surface area contributed by atoms with E-state index in [-0.39, 0.29) is 28.9 Å². The minimum Gasteiger partial charge on any atom is -0.462 e. The predicted molar refractivity (Wildman–Crippen MR) is 88.3 cm³/mol. The van der Waals surface area contributed by atoms with Crippen LogP contribution in [0.1, 0.15) is 49.4 Å². The molecule has 1 aromatic rings. The summed E-state index contributed by atoms with van der Waals surface area (Å²) in [7, 11) is 0. The van der Waals surface area contributed by atoms with Crippen LogP contribution >= 0.6 is 11.6 Å². The van der Waals surface area contributed by atoms with Gasteiger partial charge in [-0.15, -0.1) is 0 Å². The number of rotatable bonds is 6. The minimum atomic E-state index is -0.652. The van der Waals surface area contributed by atoms with E-state index >= 15 is 0 Å². The summed E-state index contributed by atoms with van der Waals surface area (Å²) < 4.78 is 4.99. The van der Waals surface area contributed by atoms with E-state index in [1.165, 1.54) is 18.8 Å². The SMILES string of the molecule is CCOC(=O)C(=CNC1CCCCC1)C(=O)c1cccnc1Cl. The number of esters is 1. The zero-order chi connectivity index (χ0) is 16.7. The zero-order valence-corrected chi connectivity index (χ0v) is 13.9. The minimum absolute atomic E-state index is 0.0488. The van der Waals surface area contributed by atoms with Crippen molar-refractivity contribution in [1.82, 2.24) is 10.3 Å². The van der Waals surface area contributed by atoms with Gasteiger partial charge in [-0.2, -0.15) is 0 Å². The number of carbonyl (C=O) groups excluding carboxylic acids is 2. The van der Waals surface area contributed by atoms with Crippen molar-refractivity contribution in [3.63, 3.8) is 0 Å². The summed E-state index contributed by atoms with van der Waals surface area (Å²) in [6.07, 6.45) is 8.58. The van der Waals surface area contributed by atoms with E-state index in [1.807, 2.05) is 0 Å². The molecule has 1 N–H and O–H groups in total. The Kier molecular flexibility index (Phi) is 6.59. The number of nitrogens with one attached hydrogen (secondary N) is 1. The molecule has 0 bridgehead atoms. The molecule has 1 fully saturated rings. The summed E-state index contributed by atoms with van der Waals surface area (Å²) in [6.45, 7) is 1.90. The van der Waals surface area contributed by atoms with E-state index in [1.54, 1.807) is 19.1 Å². The van der Waals surface area contributed by atoms with Crippen molar-refractivity contribution < 1.29 is 14.3 Å². The van der Waals surface area contributed by atoms with Crippen LogP contribution in [-0.2, 0) is 9.53 Å². The number of ketones is 1. The van der Waals surface area contributed by atoms with Crippen molar-refractivity contribution in [2.75, 3.05) is 6.61 Å². The van der Waals surface area contributed by atoms with Crippen LogP contribution < -0.4 is 5.32 Å². The third-order valence-electron chi connectivity index (χ3n) is 3.81. The lowest BCUT2D eigenvalue weighted by atomic mass is 9.95. The summed E-state index contributed by atoms with van der Waals surface area (Å²) >= 11 is 5.96. The average molecular weight is 337 g/mol.